The predicted molar refractivity (Wildman–Crippen MR) is 69.3 cm³/mol. The zero-order valence-corrected chi connectivity index (χ0v) is 10.1. The predicted octanol–water partition coefficient (Wildman–Crippen LogP) is 3.49. The van der Waals surface area contributed by atoms with E-state index in [1.54, 1.807) is 31.4 Å². The second kappa shape index (κ2) is 5.34. The topological polar surface area (TPSA) is 64.4 Å². The highest BCUT2D eigenvalue weighted by molar-refractivity contribution is 5.70. The van der Waals surface area contributed by atoms with Gasteiger partial charge in [-0.2, -0.15) is 4.39 Å². The van der Waals surface area contributed by atoms with Crippen molar-refractivity contribution in [3.8, 4) is 5.75 Å². The van der Waals surface area contributed by atoms with Crippen molar-refractivity contribution >= 4 is 17.1 Å². The Morgan fingerprint density at radius 2 is 1.89 bits per heavy atom. The van der Waals surface area contributed by atoms with E-state index >= 15 is 0 Å². The van der Waals surface area contributed by atoms with Crippen molar-refractivity contribution in [3.63, 3.8) is 0 Å². The molecule has 5 nitrogen and oxygen atoms in total. The third-order valence-corrected chi connectivity index (χ3v) is 2.54. The molecule has 0 aliphatic heterocycles. The van der Waals surface area contributed by atoms with Gasteiger partial charge in [0.25, 0.3) is 0 Å². The minimum absolute atomic E-state index is 0.107. The third-order valence-electron chi connectivity index (χ3n) is 2.54. The number of anilines is 2. The van der Waals surface area contributed by atoms with E-state index in [4.69, 9.17) is 4.74 Å². The van der Waals surface area contributed by atoms with Crippen LogP contribution in [0.25, 0.3) is 0 Å². The molecule has 0 bridgehead atoms. The van der Waals surface area contributed by atoms with E-state index in [0.717, 1.165) is 6.07 Å². The van der Waals surface area contributed by atoms with Crippen molar-refractivity contribution in [2.24, 2.45) is 0 Å². The Morgan fingerprint density at radius 1 is 1.21 bits per heavy atom. The summed E-state index contributed by atoms with van der Waals surface area (Å²) in [5.74, 6) is -0.206. The second-order valence-electron chi connectivity index (χ2n) is 3.75. The van der Waals surface area contributed by atoms with Crippen molar-refractivity contribution in [2.45, 2.75) is 0 Å². The number of nitro groups is 1. The van der Waals surface area contributed by atoms with E-state index in [1.165, 1.54) is 12.1 Å². The van der Waals surface area contributed by atoms with Gasteiger partial charge >= 0.3 is 5.69 Å². The lowest BCUT2D eigenvalue weighted by molar-refractivity contribution is -0.386. The van der Waals surface area contributed by atoms with E-state index in [0.29, 0.717) is 11.4 Å². The van der Waals surface area contributed by atoms with Crippen molar-refractivity contribution in [3.05, 3.63) is 58.4 Å². The zero-order valence-electron chi connectivity index (χ0n) is 10.1. The standard InChI is InChI=1S/C13H11FN2O3/c1-19-10-7-5-9(6-8-10)15-12-4-2-3-11(14)13(12)16(17)18/h2-8,15H,1H3. The number of para-hydroxylation sites is 1. The van der Waals surface area contributed by atoms with Crippen molar-refractivity contribution in [2.75, 3.05) is 12.4 Å². The van der Waals surface area contributed by atoms with Crippen molar-refractivity contribution < 1.29 is 14.1 Å². The van der Waals surface area contributed by atoms with Crippen LogP contribution < -0.4 is 10.1 Å². The first-order valence-corrected chi connectivity index (χ1v) is 5.46. The van der Waals surface area contributed by atoms with Gasteiger partial charge in [-0.1, -0.05) is 6.07 Å². The molecule has 0 atom stereocenters. The smallest absolute Gasteiger partial charge is 0.327 e. The zero-order chi connectivity index (χ0) is 13.8. The fourth-order valence-corrected chi connectivity index (χ4v) is 1.63. The summed E-state index contributed by atoms with van der Waals surface area (Å²) in [5, 5.41) is 13.6. The van der Waals surface area contributed by atoms with Crippen LogP contribution in [0.4, 0.5) is 21.5 Å². The maximum Gasteiger partial charge on any atom is 0.327 e. The molecule has 0 saturated carbocycles. The number of hydrogen-bond acceptors (Lipinski definition) is 4. The molecular weight excluding hydrogens is 251 g/mol. The van der Waals surface area contributed by atoms with Crippen LogP contribution in [0.5, 0.6) is 5.75 Å². The van der Waals surface area contributed by atoms with Gasteiger partial charge in [0.15, 0.2) is 0 Å². The van der Waals surface area contributed by atoms with E-state index < -0.39 is 16.4 Å². The molecule has 19 heavy (non-hydrogen) atoms. The van der Waals surface area contributed by atoms with Crippen LogP contribution >= 0.6 is 0 Å². The van der Waals surface area contributed by atoms with Gasteiger partial charge in [0, 0.05) is 5.69 Å². The number of rotatable bonds is 4. The Labute approximate surface area is 108 Å². The molecule has 0 radical (unpaired) electrons. The molecule has 0 fully saturated rings. The summed E-state index contributed by atoms with van der Waals surface area (Å²) in [6.07, 6.45) is 0. The molecule has 2 aromatic rings. The Balaban J connectivity index is 2.32. The molecule has 0 saturated heterocycles. The normalized spacial score (nSPS) is 10.0. The number of methoxy groups -OCH3 is 1. The van der Waals surface area contributed by atoms with Crippen LogP contribution in [-0.4, -0.2) is 12.0 Å². The van der Waals surface area contributed by atoms with Gasteiger partial charge in [-0.05, 0) is 36.4 Å². The van der Waals surface area contributed by atoms with Gasteiger partial charge in [-0.15, -0.1) is 0 Å². The Morgan fingerprint density at radius 3 is 2.47 bits per heavy atom. The summed E-state index contributed by atoms with van der Waals surface area (Å²) in [4.78, 5) is 10.1. The molecule has 1 N–H and O–H groups in total. The molecule has 0 heterocycles. The number of ether oxygens (including phenoxy) is 1. The van der Waals surface area contributed by atoms with Crippen LogP contribution in [0.1, 0.15) is 0 Å². The molecule has 0 aliphatic rings. The summed E-state index contributed by atoms with van der Waals surface area (Å²) in [5.41, 5.74) is 0.142. The number of hydrogen-bond donors (Lipinski definition) is 1. The second-order valence-corrected chi connectivity index (χ2v) is 3.75. The highest BCUT2D eigenvalue weighted by atomic mass is 19.1. The molecule has 0 aromatic heterocycles. The molecule has 98 valence electrons. The molecule has 2 aromatic carbocycles. The lowest BCUT2D eigenvalue weighted by Crippen LogP contribution is -1.99. The summed E-state index contributed by atoms with van der Waals surface area (Å²) < 4.78 is 18.4. The van der Waals surface area contributed by atoms with Crippen molar-refractivity contribution in [1.29, 1.82) is 0 Å². The van der Waals surface area contributed by atoms with E-state index in [2.05, 4.69) is 5.32 Å². The van der Waals surface area contributed by atoms with Gasteiger partial charge in [-0.25, -0.2) is 0 Å². The monoisotopic (exact) mass is 262 g/mol. The lowest BCUT2D eigenvalue weighted by atomic mass is 10.2. The highest BCUT2D eigenvalue weighted by Gasteiger charge is 2.19. The number of nitro benzene ring substituents is 1. The SMILES string of the molecule is COc1ccc(Nc2cccc(F)c2[N+](=O)[O-])cc1. The Bertz CT molecular complexity index is 599. The Hall–Kier alpha value is -2.63. The summed E-state index contributed by atoms with van der Waals surface area (Å²) in [7, 11) is 1.54. The molecule has 2 rings (SSSR count). The van der Waals surface area contributed by atoms with Crippen LogP contribution in [0.15, 0.2) is 42.5 Å². The number of benzene rings is 2. The van der Waals surface area contributed by atoms with E-state index in [-0.39, 0.29) is 5.69 Å². The fraction of sp³-hybridized carbons (Fsp3) is 0.0769. The molecule has 0 aliphatic carbocycles. The average molecular weight is 262 g/mol. The van der Waals surface area contributed by atoms with Gasteiger partial charge < -0.3 is 10.1 Å². The van der Waals surface area contributed by atoms with Crippen molar-refractivity contribution in [1.82, 2.24) is 0 Å². The van der Waals surface area contributed by atoms with Gasteiger partial charge in [0.2, 0.25) is 5.82 Å². The van der Waals surface area contributed by atoms with Gasteiger partial charge in [-0.3, -0.25) is 10.1 Å². The summed E-state index contributed by atoms with van der Waals surface area (Å²) in [6, 6.07) is 10.7. The first-order chi connectivity index (χ1) is 9.11. The minimum Gasteiger partial charge on any atom is -0.497 e. The fourth-order valence-electron chi connectivity index (χ4n) is 1.63. The maximum atomic E-state index is 13.4. The molecule has 0 amide bonds. The molecule has 0 spiro atoms. The average Bonchev–Trinajstić information content (AvgIpc) is 2.39. The first kappa shape index (κ1) is 12.8. The first-order valence-electron chi connectivity index (χ1n) is 5.46. The van der Waals surface area contributed by atoms with Crippen LogP contribution in [0.2, 0.25) is 0 Å². The Kier molecular flexibility index (Phi) is 3.61. The van der Waals surface area contributed by atoms with E-state index in [1.807, 2.05) is 0 Å². The summed E-state index contributed by atoms with van der Waals surface area (Å²) >= 11 is 0. The molecule has 6 heteroatoms. The highest BCUT2D eigenvalue weighted by Crippen LogP contribution is 2.30. The quantitative estimate of drug-likeness (QED) is 0.676. The maximum absolute atomic E-state index is 13.4. The van der Waals surface area contributed by atoms with Crippen LogP contribution in [0, 0.1) is 15.9 Å². The minimum atomic E-state index is -0.872. The largest absolute Gasteiger partial charge is 0.497 e. The lowest BCUT2D eigenvalue weighted by Gasteiger charge is -2.08. The van der Waals surface area contributed by atoms with E-state index in [9.17, 15) is 14.5 Å². The molecule has 0 unspecified atom stereocenters. The van der Waals surface area contributed by atoms with Crippen LogP contribution in [-0.2, 0) is 0 Å². The summed E-state index contributed by atoms with van der Waals surface area (Å²) in [6.45, 7) is 0. The third kappa shape index (κ3) is 2.79. The molecular formula is C13H11FN2O3. The number of halogens is 1. The van der Waals surface area contributed by atoms with Gasteiger partial charge in [0.1, 0.15) is 11.4 Å². The van der Waals surface area contributed by atoms with Gasteiger partial charge in [0.05, 0.1) is 12.0 Å². The number of nitrogens with one attached hydrogen (secondary N) is 1. The number of nitrogens with zero attached hydrogens (tertiary/aromatic N) is 1. The van der Waals surface area contributed by atoms with Crippen LogP contribution in [0.3, 0.4) is 0 Å².